The van der Waals surface area contributed by atoms with E-state index in [1.165, 1.54) is 10.7 Å². The maximum Gasteiger partial charge on any atom is 0.213 e. The van der Waals surface area contributed by atoms with Crippen molar-refractivity contribution >= 4 is 28.2 Å². The number of hydrogen-bond acceptors (Lipinski definition) is 5. The van der Waals surface area contributed by atoms with Crippen LogP contribution in [0.5, 0.6) is 0 Å². The summed E-state index contributed by atoms with van der Waals surface area (Å²) in [7, 11) is 2.13. The molecule has 2 atom stereocenters. The number of aromatic nitrogens is 1. The van der Waals surface area contributed by atoms with Crippen molar-refractivity contribution < 1.29 is 14.9 Å². The zero-order valence-corrected chi connectivity index (χ0v) is 17.0. The molecule has 0 amide bonds. The number of carboxylic acid groups (broad SMARTS) is 1. The molecule has 0 radical (unpaired) electrons. The molecule has 1 aliphatic heterocycles. The Kier molecular flexibility index (Phi) is 6.09. The summed E-state index contributed by atoms with van der Waals surface area (Å²) in [5, 5.41) is 22.7. The lowest BCUT2D eigenvalue weighted by molar-refractivity contribution is -0.844. The lowest BCUT2D eigenvalue weighted by atomic mass is 10.2. The quantitative estimate of drug-likeness (QED) is 0.673. The Morgan fingerprint density at radius 3 is 2.41 bits per heavy atom. The van der Waals surface area contributed by atoms with Crippen LogP contribution in [-0.2, 0) is 4.79 Å². The summed E-state index contributed by atoms with van der Waals surface area (Å²) in [6.45, 7) is 5.13. The van der Waals surface area contributed by atoms with Gasteiger partial charge in [0, 0.05) is 35.6 Å². The second-order valence-electron chi connectivity index (χ2n) is 6.91. The zero-order valence-electron chi connectivity index (χ0n) is 17.0. The fourth-order valence-corrected chi connectivity index (χ4v) is 3.33. The first-order valence-electron chi connectivity index (χ1n) is 9.41. The summed E-state index contributed by atoms with van der Waals surface area (Å²) in [6, 6.07) is 18.5. The summed E-state index contributed by atoms with van der Waals surface area (Å²) >= 11 is 0. The van der Waals surface area contributed by atoms with Gasteiger partial charge < -0.3 is 14.9 Å². The van der Waals surface area contributed by atoms with Crippen molar-refractivity contribution in [3.8, 4) is 0 Å². The molecule has 29 heavy (non-hydrogen) atoms. The number of carboxylic acids is 1. The number of aryl methyl sites for hydroxylation is 1. The van der Waals surface area contributed by atoms with Gasteiger partial charge in [0.15, 0.2) is 0 Å². The van der Waals surface area contributed by atoms with E-state index >= 15 is 0 Å². The Bertz CT molecular complexity index is 1050. The monoisotopic (exact) mass is 391 g/mol. The van der Waals surface area contributed by atoms with E-state index in [2.05, 4.69) is 64.5 Å². The van der Waals surface area contributed by atoms with Crippen LogP contribution in [0.1, 0.15) is 19.5 Å². The van der Waals surface area contributed by atoms with Crippen molar-refractivity contribution in [1.29, 1.82) is 0 Å². The first kappa shape index (κ1) is 20.3. The van der Waals surface area contributed by atoms with Crippen LogP contribution in [0, 0.1) is 6.92 Å². The number of nitrogens with zero attached hydrogens (tertiary/aromatic N) is 3. The number of allylic oxidation sites excluding steroid dienone is 1. The number of anilines is 1. The molecule has 2 unspecified atom stereocenters. The van der Waals surface area contributed by atoms with Gasteiger partial charge in [-0.2, -0.15) is 15.2 Å². The Morgan fingerprint density at radius 1 is 1.10 bits per heavy atom. The fraction of sp³-hybridized carbons (Fsp3) is 0.227. The number of azo groups is 1. The molecule has 0 saturated carbocycles. The Labute approximate surface area is 170 Å². The predicted molar refractivity (Wildman–Crippen MR) is 112 cm³/mol. The maximum absolute atomic E-state index is 8.89. The van der Waals surface area contributed by atoms with E-state index in [-0.39, 0.29) is 6.17 Å². The summed E-state index contributed by atoms with van der Waals surface area (Å²) in [6.07, 6.45) is 2.05. The van der Waals surface area contributed by atoms with Gasteiger partial charge in [-0.05, 0) is 32.0 Å². The zero-order chi connectivity index (χ0) is 21.0. The largest absolute Gasteiger partial charge is 0.550 e. The van der Waals surface area contributed by atoms with Gasteiger partial charge in [0.1, 0.15) is 11.4 Å². The number of rotatable bonds is 3. The van der Waals surface area contributed by atoms with Crippen LogP contribution in [-0.4, -0.2) is 24.2 Å². The highest BCUT2D eigenvalue weighted by atomic mass is 16.4. The molecule has 2 N–H and O–H groups in total. The summed E-state index contributed by atoms with van der Waals surface area (Å²) in [4.78, 5) is 12.3. The number of H-pyrrole nitrogens is 1. The van der Waals surface area contributed by atoms with E-state index in [1.54, 1.807) is 0 Å². The minimum Gasteiger partial charge on any atom is -0.550 e. The first-order valence-corrected chi connectivity index (χ1v) is 9.41. The van der Waals surface area contributed by atoms with Gasteiger partial charge in [-0.25, -0.2) is 5.01 Å². The number of aliphatic carboxylic acids is 1. The predicted octanol–water partition coefficient (Wildman–Crippen LogP) is 2.50. The van der Waals surface area contributed by atoms with E-state index in [4.69, 9.17) is 9.90 Å². The minimum atomic E-state index is -1.08. The molecule has 2 aromatic carbocycles. The average Bonchev–Trinajstić information content (AvgIpc) is 3.15. The minimum absolute atomic E-state index is 0.115. The second kappa shape index (κ2) is 8.70. The first-order chi connectivity index (χ1) is 13.9. The van der Waals surface area contributed by atoms with E-state index in [0.717, 1.165) is 34.9 Å². The van der Waals surface area contributed by atoms with Crippen LogP contribution in [0.15, 0.2) is 76.6 Å². The van der Waals surface area contributed by atoms with Gasteiger partial charge in [-0.3, -0.25) is 0 Å². The number of para-hydroxylation sites is 2. The molecule has 0 bridgehead atoms. The normalized spacial score (nSPS) is 18.6. The van der Waals surface area contributed by atoms with Crippen molar-refractivity contribution in [1.82, 2.24) is 4.98 Å². The lowest BCUT2D eigenvalue weighted by Crippen LogP contribution is -3.13. The highest BCUT2D eigenvalue weighted by Crippen LogP contribution is 2.30. The van der Waals surface area contributed by atoms with E-state index in [1.807, 2.05) is 37.3 Å². The van der Waals surface area contributed by atoms with Crippen LogP contribution >= 0.6 is 0 Å². The Morgan fingerprint density at radius 2 is 1.72 bits per heavy atom. The molecule has 2 heterocycles. The SMILES string of the molecule is CC(=O)[O-].CC1=CC(N=Nc2c(C)[nH]c3ccccc23)N(c2ccccc2)[NH+]1C. The number of benzene rings is 2. The van der Waals surface area contributed by atoms with Crippen LogP contribution < -0.4 is 15.1 Å². The molecule has 150 valence electrons. The van der Waals surface area contributed by atoms with Crippen LogP contribution in [0.3, 0.4) is 0 Å². The summed E-state index contributed by atoms with van der Waals surface area (Å²) < 4.78 is 0. The van der Waals surface area contributed by atoms with E-state index in [9.17, 15) is 0 Å². The molecule has 0 fully saturated rings. The van der Waals surface area contributed by atoms with Crippen molar-refractivity contribution in [2.45, 2.75) is 26.9 Å². The number of fused-ring (bicyclic) bond motifs is 1. The number of quaternary nitrogens is 1. The molecule has 1 aliphatic rings. The number of hydrogen-bond donors (Lipinski definition) is 2. The fourth-order valence-electron chi connectivity index (χ4n) is 3.33. The third-order valence-electron chi connectivity index (χ3n) is 4.77. The molecule has 3 aromatic rings. The Hall–Kier alpha value is -3.45. The molecule has 1 aromatic heterocycles. The molecule has 4 rings (SSSR count). The van der Waals surface area contributed by atoms with Crippen LogP contribution in [0.4, 0.5) is 11.4 Å². The van der Waals surface area contributed by atoms with Gasteiger partial charge >= 0.3 is 0 Å². The number of carbonyl (C=O) groups is 1. The second-order valence-corrected chi connectivity index (χ2v) is 6.91. The molecule has 0 spiro atoms. The topological polar surface area (TPSA) is 88.3 Å². The van der Waals surface area contributed by atoms with Crippen LogP contribution in [0.2, 0.25) is 0 Å². The van der Waals surface area contributed by atoms with Gasteiger partial charge in [-0.1, -0.05) is 36.4 Å². The lowest BCUT2D eigenvalue weighted by Gasteiger charge is -2.26. The smallest absolute Gasteiger partial charge is 0.213 e. The average molecular weight is 391 g/mol. The van der Waals surface area contributed by atoms with Gasteiger partial charge in [0.05, 0.1) is 12.7 Å². The number of carbonyl (C=O) groups excluding carboxylic acids is 1. The van der Waals surface area contributed by atoms with Gasteiger partial charge in [0.2, 0.25) is 6.17 Å². The third-order valence-corrected chi connectivity index (χ3v) is 4.77. The Balaban J connectivity index is 0.000000552. The van der Waals surface area contributed by atoms with Crippen molar-refractivity contribution in [2.75, 3.05) is 12.1 Å². The molecule has 7 nitrogen and oxygen atoms in total. The standard InChI is InChI=1S/C20H21N5.C2H4O2/c1-14-13-19(25(24(14)3)16-9-5-4-6-10-16)22-23-20-15(2)21-18-12-8-7-11-17(18)20;1-2(3)4/h4-13,19,21H,1-3H3;1H3,(H,3,4). The van der Waals surface area contributed by atoms with Crippen molar-refractivity contribution in [2.24, 2.45) is 10.2 Å². The number of aromatic amines is 1. The van der Waals surface area contributed by atoms with Crippen molar-refractivity contribution in [3.63, 3.8) is 0 Å². The van der Waals surface area contributed by atoms with Crippen LogP contribution in [0.25, 0.3) is 10.9 Å². The van der Waals surface area contributed by atoms with Gasteiger partial charge in [-0.15, -0.1) is 0 Å². The van der Waals surface area contributed by atoms with E-state index in [0.29, 0.717) is 0 Å². The highest BCUT2D eigenvalue weighted by Gasteiger charge is 2.33. The number of nitrogens with one attached hydrogen (secondary N) is 2. The summed E-state index contributed by atoms with van der Waals surface area (Å²) in [5.74, 6) is -1.08. The highest BCUT2D eigenvalue weighted by molar-refractivity contribution is 5.92. The van der Waals surface area contributed by atoms with E-state index < -0.39 is 5.97 Å². The molecule has 0 aliphatic carbocycles. The summed E-state index contributed by atoms with van der Waals surface area (Å²) in [5.41, 5.74) is 5.42. The third kappa shape index (κ3) is 4.52. The van der Waals surface area contributed by atoms with Crippen molar-refractivity contribution in [3.05, 3.63) is 72.1 Å². The molecule has 7 heteroatoms. The molecular weight excluding hydrogens is 366 g/mol. The molecular formula is C22H25N5O2. The van der Waals surface area contributed by atoms with Gasteiger partial charge in [0.25, 0.3) is 0 Å². The molecule has 0 saturated heterocycles. The maximum atomic E-state index is 8.89.